The van der Waals surface area contributed by atoms with Gasteiger partial charge in [-0.05, 0) is 26.1 Å². The normalized spacial score (nSPS) is 19.1. The molecule has 1 saturated heterocycles. The van der Waals surface area contributed by atoms with Gasteiger partial charge in [0.1, 0.15) is 0 Å². The predicted octanol–water partition coefficient (Wildman–Crippen LogP) is 1.87. The quantitative estimate of drug-likeness (QED) is 0.933. The van der Waals surface area contributed by atoms with Crippen LogP contribution in [0, 0.1) is 6.92 Å². The number of carbonyl (C=O) groups is 1. The Morgan fingerprint density at radius 3 is 2.70 bits per heavy atom. The van der Waals surface area contributed by atoms with Crippen LogP contribution in [0.1, 0.15) is 15.4 Å². The summed E-state index contributed by atoms with van der Waals surface area (Å²) in [5.41, 5.74) is 2.62. The van der Waals surface area contributed by atoms with E-state index in [4.69, 9.17) is 0 Å². The van der Waals surface area contributed by atoms with Crippen molar-refractivity contribution in [2.24, 2.45) is 0 Å². The fourth-order valence-electron chi connectivity index (χ4n) is 2.88. The summed E-state index contributed by atoms with van der Waals surface area (Å²) in [4.78, 5) is 21.1. The van der Waals surface area contributed by atoms with Crippen molar-refractivity contribution in [2.75, 3.05) is 33.3 Å². The molecule has 0 spiro atoms. The van der Waals surface area contributed by atoms with Gasteiger partial charge >= 0.3 is 0 Å². The standard InChI is InChI=1S/C17H21N3O2S/c1-12-18-16(11-23-12)13-3-5-14(6-4-13)17(22)20-8-7-19(2)9-15(20)10-21/h3-6,11,15,21H,7-10H2,1-2H3. The Bertz CT molecular complexity index is 683. The van der Waals surface area contributed by atoms with Gasteiger partial charge in [0.15, 0.2) is 0 Å². The fraction of sp³-hybridized carbons (Fsp3) is 0.412. The van der Waals surface area contributed by atoms with E-state index in [0.29, 0.717) is 18.7 Å². The van der Waals surface area contributed by atoms with Crippen LogP contribution in [0.2, 0.25) is 0 Å². The number of hydrogen-bond donors (Lipinski definition) is 1. The first-order valence-electron chi connectivity index (χ1n) is 7.71. The van der Waals surface area contributed by atoms with Crippen LogP contribution in [0.4, 0.5) is 0 Å². The van der Waals surface area contributed by atoms with Gasteiger partial charge in [0.05, 0.1) is 23.4 Å². The number of piperazine rings is 1. The fourth-order valence-corrected chi connectivity index (χ4v) is 3.50. The van der Waals surface area contributed by atoms with Crippen molar-refractivity contribution in [2.45, 2.75) is 13.0 Å². The lowest BCUT2D eigenvalue weighted by Crippen LogP contribution is -2.55. The van der Waals surface area contributed by atoms with E-state index in [1.54, 1.807) is 16.2 Å². The molecule has 1 aromatic heterocycles. The molecule has 2 heterocycles. The van der Waals surface area contributed by atoms with Crippen molar-refractivity contribution in [3.8, 4) is 11.3 Å². The Morgan fingerprint density at radius 1 is 1.35 bits per heavy atom. The molecule has 23 heavy (non-hydrogen) atoms. The third kappa shape index (κ3) is 3.44. The van der Waals surface area contributed by atoms with Crippen LogP contribution < -0.4 is 0 Å². The Morgan fingerprint density at radius 2 is 2.09 bits per heavy atom. The van der Waals surface area contributed by atoms with E-state index in [2.05, 4.69) is 9.88 Å². The molecule has 0 saturated carbocycles. The number of aryl methyl sites for hydroxylation is 1. The first kappa shape index (κ1) is 16.1. The first-order valence-corrected chi connectivity index (χ1v) is 8.59. The molecule has 6 heteroatoms. The SMILES string of the molecule is Cc1nc(-c2ccc(C(=O)N3CCN(C)CC3CO)cc2)cs1. The van der Waals surface area contributed by atoms with E-state index < -0.39 is 0 Å². The number of nitrogens with zero attached hydrogens (tertiary/aromatic N) is 3. The number of thiazole rings is 1. The van der Waals surface area contributed by atoms with Crippen molar-refractivity contribution in [1.82, 2.24) is 14.8 Å². The van der Waals surface area contributed by atoms with E-state index in [-0.39, 0.29) is 18.6 Å². The number of aromatic nitrogens is 1. The number of rotatable bonds is 3. The van der Waals surface area contributed by atoms with Crippen molar-refractivity contribution in [1.29, 1.82) is 0 Å². The van der Waals surface area contributed by atoms with Crippen LogP contribution in [-0.4, -0.2) is 65.1 Å². The van der Waals surface area contributed by atoms with Gasteiger partial charge in [-0.2, -0.15) is 0 Å². The highest BCUT2D eigenvalue weighted by Crippen LogP contribution is 2.22. The number of hydrogen-bond acceptors (Lipinski definition) is 5. The van der Waals surface area contributed by atoms with E-state index in [1.165, 1.54) is 0 Å². The highest BCUT2D eigenvalue weighted by atomic mass is 32.1. The second-order valence-corrected chi connectivity index (χ2v) is 6.99. The molecule has 0 bridgehead atoms. The molecule has 1 unspecified atom stereocenters. The Hall–Kier alpha value is -1.76. The Balaban J connectivity index is 1.77. The van der Waals surface area contributed by atoms with Gasteiger partial charge in [0.2, 0.25) is 0 Å². The summed E-state index contributed by atoms with van der Waals surface area (Å²) in [6.07, 6.45) is 0. The van der Waals surface area contributed by atoms with Gasteiger partial charge < -0.3 is 14.9 Å². The summed E-state index contributed by atoms with van der Waals surface area (Å²) in [7, 11) is 2.01. The van der Waals surface area contributed by atoms with E-state index in [0.717, 1.165) is 22.8 Å². The monoisotopic (exact) mass is 331 g/mol. The lowest BCUT2D eigenvalue weighted by molar-refractivity contribution is 0.0356. The minimum absolute atomic E-state index is 0.00767. The van der Waals surface area contributed by atoms with Gasteiger partial charge in [-0.15, -0.1) is 11.3 Å². The molecule has 0 radical (unpaired) electrons. The molecule has 3 rings (SSSR count). The molecule has 122 valence electrons. The average Bonchev–Trinajstić information content (AvgIpc) is 3.00. The third-order valence-electron chi connectivity index (χ3n) is 4.20. The Kier molecular flexibility index (Phi) is 4.75. The molecule has 1 atom stereocenters. The number of aliphatic hydroxyl groups excluding tert-OH is 1. The second-order valence-electron chi connectivity index (χ2n) is 5.93. The molecule has 5 nitrogen and oxygen atoms in total. The smallest absolute Gasteiger partial charge is 0.254 e. The highest BCUT2D eigenvalue weighted by Gasteiger charge is 2.29. The van der Waals surface area contributed by atoms with Gasteiger partial charge in [-0.1, -0.05) is 12.1 Å². The summed E-state index contributed by atoms with van der Waals surface area (Å²) >= 11 is 1.62. The van der Waals surface area contributed by atoms with Crippen LogP contribution >= 0.6 is 11.3 Å². The molecule has 1 aliphatic rings. The van der Waals surface area contributed by atoms with Crippen molar-refractivity contribution in [3.63, 3.8) is 0 Å². The zero-order valence-corrected chi connectivity index (χ0v) is 14.2. The summed E-state index contributed by atoms with van der Waals surface area (Å²) < 4.78 is 0. The minimum atomic E-state index is -0.137. The largest absolute Gasteiger partial charge is 0.394 e. The van der Waals surface area contributed by atoms with Crippen molar-refractivity contribution >= 4 is 17.2 Å². The van der Waals surface area contributed by atoms with Gasteiger partial charge in [0, 0.05) is 36.1 Å². The Labute approximate surface area is 140 Å². The highest BCUT2D eigenvalue weighted by molar-refractivity contribution is 7.09. The lowest BCUT2D eigenvalue weighted by atomic mass is 10.1. The molecule has 1 amide bonds. The molecular formula is C17H21N3O2S. The lowest BCUT2D eigenvalue weighted by Gasteiger charge is -2.39. The summed E-state index contributed by atoms with van der Waals surface area (Å²) in [6, 6.07) is 7.43. The van der Waals surface area contributed by atoms with E-state index in [9.17, 15) is 9.90 Å². The van der Waals surface area contributed by atoms with Gasteiger partial charge in [0.25, 0.3) is 5.91 Å². The summed E-state index contributed by atoms with van der Waals surface area (Å²) in [6.45, 7) is 4.16. The summed E-state index contributed by atoms with van der Waals surface area (Å²) in [5, 5.41) is 12.6. The van der Waals surface area contributed by atoms with E-state index >= 15 is 0 Å². The van der Waals surface area contributed by atoms with Crippen LogP contribution in [0.3, 0.4) is 0 Å². The predicted molar refractivity (Wildman–Crippen MR) is 91.7 cm³/mol. The molecule has 1 aliphatic heterocycles. The number of benzene rings is 1. The summed E-state index contributed by atoms with van der Waals surface area (Å²) in [5.74, 6) is -0.0156. The molecular weight excluding hydrogens is 310 g/mol. The zero-order valence-electron chi connectivity index (χ0n) is 13.4. The topological polar surface area (TPSA) is 56.7 Å². The van der Waals surface area contributed by atoms with Crippen molar-refractivity contribution < 1.29 is 9.90 Å². The molecule has 0 aliphatic carbocycles. The molecule has 1 aromatic carbocycles. The zero-order chi connectivity index (χ0) is 16.4. The number of aliphatic hydroxyl groups is 1. The van der Waals surface area contributed by atoms with Crippen LogP contribution in [0.25, 0.3) is 11.3 Å². The molecule has 2 aromatic rings. The van der Waals surface area contributed by atoms with Gasteiger partial charge in [-0.25, -0.2) is 4.98 Å². The third-order valence-corrected chi connectivity index (χ3v) is 4.98. The van der Waals surface area contributed by atoms with Crippen LogP contribution in [-0.2, 0) is 0 Å². The first-order chi connectivity index (χ1) is 11.1. The second kappa shape index (κ2) is 6.78. The minimum Gasteiger partial charge on any atom is -0.394 e. The van der Waals surface area contributed by atoms with Gasteiger partial charge in [-0.3, -0.25) is 4.79 Å². The number of carbonyl (C=O) groups excluding carboxylic acids is 1. The van der Waals surface area contributed by atoms with Crippen molar-refractivity contribution in [3.05, 3.63) is 40.2 Å². The van der Waals surface area contributed by atoms with Crippen LogP contribution in [0.5, 0.6) is 0 Å². The number of likely N-dealkylation sites (N-methyl/N-ethyl adjacent to an activating group) is 1. The maximum atomic E-state index is 12.7. The van der Waals surface area contributed by atoms with E-state index in [1.807, 2.05) is 43.6 Å². The molecule has 1 fully saturated rings. The maximum absolute atomic E-state index is 12.7. The molecule has 1 N–H and O–H groups in total. The number of amides is 1. The maximum Gasteiger partial charge on any atom is 0.254 e. The average molecular weight is 331 g/mol. The van der Waals surface area contributed by atoms with Crippen LogP contribution in [0.15, 0.2) is 29.6 Å².